The third kappa shape index (κ3) is 6.54. The zero-order valence-electron chi connectivity index (χ0n) is 12.9. The molecule has 116 valence electrons. The van der Waals surface area contributed by atoms with E-state index in [-0.39, 0.29) is 17.7 Å². The molecule has 0 fully saturated rings. The number of aliphatic carboxylic acids is 1. The number of hydrogen-bond donors (Lipinski definition) is 3. The highest BCUT2D eigenvalue weighted by Gasteiger charge is 2.29. The minimum Gasteiger partial charge on any atom is -0.480 e. The summed E-state index contributed by atoms with van der Waals surface area (Å²) in [6.45, 7) is 8.85. The predicted octanol–water partition coefficient (Wildman–Crippen LogP) is 1.15. The van der Waals surface area contributed by atoms with Gasteiger partial charge < -0.3 is 15.7 Å². The third-order valence-electron chi connectivity index (χ3n) is 3.18. The van der Waals surface area contributed by atoms with E-state index in [1.54, 1.807) is 6.92 Å². The molecule has 0 saturated heterocycles. The number of nitrogens with one attached hydrogen (secondary N) is 2. The monoisotopic (exact) mass is 286 g/mol. The van der Waals surface area contributed by atoms with Gasteiger partial charge in [-0.15, -0.1) is 0 Å². The Hall–Kier alpha value is -1.59. The molecule has 0 aliphatic carbocycles. The van der Waals surface area contributed by atoms with Gasteiger partial charge >= 0.3 is 5.97 Å². The molecule has 0 aliphatic heterocycles. The smallest absolute Gasteiger partial charge is 0.326 e. The van der Waals surface area contributed by atoms with Crippen molar-refractivity contribution in [2.24, 2.45) is 11.8 Å². The summed E-state index contributed by atoms with van der Waals surface area (Å²) in [5.74, 6) is -1.76. The standard InChI is InChI=1S/C14H26N2O4/c1-6-9(4)12(14(19)20)16-13(18)11(7-8(2)3)15-10(5)17/h8-9,11-12H,6-7H2,1-5H3,(H,15,17)(H,16,18)(H,19,20)/t9-,11-,12-/m0/s1. The fraction of sp³-hybridized carbons (Fsp3) is 0.786. The average molecular weight is 286 g/mol. The van der Waals surface area contributed by atoms with Crippen molar-refractivity contribution in [2.45, 2.75) is 59.5 Å². The van der Waals surface area contributed by atoms with Gasteiger partial charge in [0.2, 0.25) is 11.8 Å². The second-order valence-electron chi connectivity index (χ2n) is 5.59. The van der Waals surface area contributed by atoms with Gasteiger partial charge in [-0.1, -0.05) is 34.1 Å². The summed E-state index contributed by atoms with van der Waals surface area (Å²) in [7, 11) is 0. The Morgan fingerprint density at radius 1 is 1.10 bits per heavy atom. The molecule has 20 heavy (non-hydrogen) atoms. The van der Waals surface area contributed by atoms with Crippen LogP contribution in [0.25, 0.3) is 0 Å². The van der Waals surface area contributed by atoms with Crippen LogP contribution in [0.5, 0.6) is 0 Å². The Bertz CT molecular complexity index is 355. The van der Waals surface area contributed by atoms with Crippen LogP contribution in [0.4, 0.5) is 0 Å². The van der Waals surface area contributed by atoms with Gasteiger partial charge in [0.25, 0.3) is 0 Å². The Labute approximate surface area is 120 Å². The molecule has 0 spiro atoms. The van der Waals surface area contributed by atoms with E-state index in [1.165, 1.54) is 6.92 Å². The Kier molecular flexibility index (Phi) is 7.87. The van der Waals surface area contributed by atoms with E-state index in [0.717, 1.165) is 0 Å². The number of rotatable bonds is 8. The summed E-state index contributed by atoms with van der Waals surface area (Å²) in [4.78, 5) is 34.5. The minimum atomic E-state index is -1.06. The van der Waals surface area contributed by atoms with Crippen molar-refractivity contribution < 1.29 is 19.5 Å². The fourth-order valence-corrected chi connectivity index (χ4v) is 1.89. The molecule has 6 heteroatoms. The lowest BCUT2D eigenvalue weighted by Gasteiger charge is -2.24. The molecule has 2 amide bonds. The van der Waals surface area contributed by atoms with Crippen molar-refractivity contribution in [3.63, 3.8) is 0 Å². The Morgan fingerprint density at radius 3 is 2.00 bits per heavy atom. The lowest BCUT2D eigenvalue weighted by atomic mass is 9.97. The summed E-state index contributed by atoms with van der Waals surface area (Å²) < 4.78 is 0. The Morgan fingerprint density at radius 2 is 1.65 bits per heavy atom. The van der Waals surface area contributed by atoms with Crippen molar-refractivity contribution in [3.05, 3.63) is 0 Å². The molecule has 6 nitrogen and oxygen atoms in total. The zero-order valence-corrected chi connectivity index (χ0v) is 12.9. The van der Waals surface area contributed by atoms with Crippen LogP contribution in [-0.2, 0) is 14.4 Å². The number of amides is 2. The predicted molar refractivity (Wildman–Crippen MR) is 76.1 cm³/mol. The molecule has 3 N–H and O–H groups in total. The van der Waals surface area contributed by atoms with Gasteiger partial charge in [0.15, 0.2) is 0 Å². The minimum absolute atomic E-state index is 0.173. The van der Waals surface area contributed by atoms with Crippen LogP contribution in [0.15, 0.2) is 0 Å². The van der Waals surface area contributed by atoms with Gasteiger partial charge in [0.05, 0.1) is 0 Å². The quantitative estimate of drug-likeness (QED) is 0.624. The van der Waals surface area contributed by atoms with E-state index < -0.39 is 24.0 Å². The van der Waals surface area contributed by atoms with Crippen LogP contribution in [0.3, 0.4) is 0 Å². The Balaban J connectivity index is 4.86. The van der Waals surface area contributed by atoms with E-state index in [4.69, 9.17) is 5.11 Å². The second kappa shape index (κ2) is 8.55. The van der Waals surface area contributed by atoms with Crippen LogP contribution in [0.1, 0.15) is 47.5 Å². The van der Waals surface area contributed by atoms with Crippen LogP contribution < -0.4 is 10.6 Å². The molecular weight excluding hydrogens is 260 g/mol. The molecule has 0 aromatic carbocycles. The van der Waals surface area contributed by atoms with Crippen LogP contribution in [0.2, 0.25) is 0 Å². The van der Waals surface area contributed by atoms with Crippen LogP contribution in [-0.4, -0.2) is 35.0 Å². The van der Waals surface area contributed by atoms with Crippen molar-refractivity contribution >= 4 is 17.8 Å². The molecule has 0 bridgehead atoms. The van der Waals surface area contributed by atoms with Gasteiger partial charge in [-0.05, 0) is 18.3 Å². The van der Waals surface area contributed by atoms with E-state index in [2.05, 4.69) is 10.6 Å². The van der Waals surface area contributed by atoms with Crippen molar-refractivity contribution in [3.8, 4) is 0 Å². The molecule has 0 rings (SSSR count). The largest absolute Gasteiger partial charge is 0.480 e. The first-order chi connectivity index (χ1) is 9.18. The van der Waals surface area contributed by atoms with E-state index in [0.29, 0.717) is 12.8 Å². The molecule has 0 aromatic heterocycles. The summed E-state index contributed by atoms with van der Waals surface area (Å²) in [5, 5.41) is 14.3. The number of carboxylic acids is 1. The first kappa shape index (κ1) is 18.4. The first-order valence-corrected chi connectivity index (χ1v) is 6.99. The van der Waals surface area contributed by atoms with Crippen LogP contribution in [0, 0.1) is 11.8 Å². The van der Waals surface area contributed by atoms with Gasteiger partial charge in [-0.2, -0.15) is 0 Å². The summed E-state index contributed by atoms with van der Waals surface area (Å²) in [5.41, 5.74) is 0. The summed E-state index contributed by atoms with van der Waals surface area (Å²) in [6, 6.07) is -1.63. The average Bonchev–Trinajstić information content (AvgIpc) is 2.32. The van der Waals surface area contributed by atoms with Crippen molar-refractivity contribution in [1.29, 1.82) is 0 Å². The first-order valence-electron chi connectivity index (χ1n) is 6.99. The maximum absolute atomic E-state index is 12.2. The maximum atomic E-state index is 12.2. The topological polar surface area (TPSA) is 95.5 Å². The number of hydrogen-bond acceptors (Lipinski definition) is 3. The highest BCUT2D eigenvalue weighted by molar-refractivity contribution is 5.90. The van der Waals surface area contributed by atoms with Crippen molar-refractivity contribution in [1.82, 2.24) is 10.6 Å². The highest BCUT2D eigenvalue weighted by atomic mass is 16.4. The number of carbonyl (C=O) groups excluding carboxylic acids is 2. The molecule has 0 heterocycles. The van der Waals surface area contributed by atoms with Crippen LogP contribution >= 0.6 is 0 Å². The molecule has 0 aliphatic rings. The molecule has 0 aromatic rings. The van der Waals surface area contributed by atoms with E-state index in [1.807, 2.05) is 20.8 Å². The second-order valence-corrected chi connectivity index (χ2v) is 5.59. The molecule has 0 saturated carbocycles. The lowest BCUT2D eigenvalue weighted by Crippen LogP contribution is -2.53. The van der Waals surface area contributed by atoms with E-state index in [9.17, 15) is 14.4 Å². The normalized spacial score (nSPS) is 15.3. The highest BCUT2D eigenvalue weighted by Crippen LogP contribution is 2.10. The van der Waals surface area contributed by atoms with Gasteiger partial charge in [0.1, 0.15) is 12.1 Å². The fourth-order valence-electron chi connectivity index (χ4n) is 1.89. The van der Waals surface area contributed by atoms with Gasteiger partial charge in [-0.3, -0.25) is 9.59 Å². The summed E-state index contributed by atoms with van der Waals surface area (Å²) in [6.07, 6.45) is 1.12. The molecule has 0 radical (unpaired) electrons. The molecular formula is C14H26N2O4. The third-order valence-corrected chi connectivity index (χ3v) is 3.18. The van der Waals surface area contributed by atoms with Gasteiger partial charge in [0, 0.05) is 6.92 Å². The molecule has 3 atom stereocenters. The van der Waals surface area contributed by atoms with E-state index >= 15 is 0 Å². The van der Waals surface area contributed by atoms with Gasteiger partial charge in [-0.25, -0.2) is 4.79 Å². The summed E-state index contributed by atoms with van der Waals surface area (Å²) >= 11 is 0. The molecule has 0 unspecified atom stereocenters. The zero-order chi connectivity index (χ0) is 15.9. The maximum Gasteiger partial charge on any atom is 0.326 e. The number of carboxylic acid groups (broad SMARTS) is 1. The van der Waals surface area contributed by atoms with Crippen molar-refractivity contribution in [2.75, 3.05) is 0 Å². The SMILES string of the molecule is CC[C@H](C)[C@H](NC(=O)[C@H](CC(C)C)NC(C)=O)C(=O)O. The number of carbonyl (C=O) groups is 3. The lowest BCUT2D eigenvalue weighted by molar-refractivity contribution is -0.143.